The number of fused-ring (bicyclic) bond motifs is 1. The Morgan fingerprint density at radius 1 is 0.800 bits per heavy atom. The van der Waals surface area contributed by atoms with Crippen LogP contribution in [0.25, 0.3) is 5.57 Å². The summed E-state index contributed by atoms with van der Waals surface area (Å²) in [6.07, 6.45) is 6.70. The second kappa shape index (κ2) is 8.34. The molecule has 0 aliphatic carbocycles. The van der Waals surface area contributed by atoms with Crippen LogP contribution in [0.3, 0.4) is 0 Å². The molecule has 2 aliphatic heterocycles. The van der Waals surface area contributed by atoms with Crippen molar-refractivity contribution >= 4 is 46.0 Å². The smallest absolute Gasteiger partial charge is 0.0728 e. The van der Waals surface area contributed by atoms with E-state index in [1.165, 1.54) is 21.7 Å². The minimum atomic E-state index is 0.734. The minimum Gasteiger partial charge on any atom is -0.356 e. The number of thioether (sulfide) groups is 1. The summed E-state index contributed by atoms with van der Waals surface area (Å²) >= 11 is 7.83. The van der Waals surface area contributed by atoms with Crippen molar-refractivity contribution in [3.8, 4) is 0 Å². The van der Waals surface area contributed by atoms with Gasteiger partial charge in [0.15, 0.2) is 0 Å². The van der Waals surface area contributed by atoms with E-state index in [4.69, 9.17) is 11.6 Å². The number of benzene rings is 3. The average molecular weight is 430 g/mol. The van der Waals surface area contributed by atoms with E-state index in [0.717, 1.165) is 27.8 Å². The van der Waals surface area contributed by atoms with Gasteiger partial charge in [-0.3, -0.25) is 10.4 Å². The van der Waals surface area contributed by atoms with E-state index >= 15 is 0 Å². The lowest BCUT2D eigenvalue weighted by Crippen LogP contribution is -2.25. The summed E-state index contributed by atoms with van der Waals surface area (Å²) in [6.45, 7) is 0. The zero-order chi connectivity index (χ0) is 20.3. The highest BCUT2D eigenvalue weighted by Gasteiger charge is 2.23. The molecule has 0 radical (unpaired) electrons. The van der Waals surface area contributed by atoms with Gasteiger partial charge in [-0.1, -0.05) is 41.9 Å². The second-order valence-electron chi connectivity index (χ2n) is 7.05. The van der Waals surface area contributed by atoms with E-state index in [0.29, 0.717) is 0 Å². The lowest BCUT2D eigenvalue weighted by atomic mass is 10.0. The molecule has 3 aromatic rings. The number of hydrogen-bond acceptors (Lipinski definition) is 4. The molecule has 0 spiro atoms. The lowest BCUT2D eigenvalue weighted by Gasteiger charge is -2.29. The van der Waals surface area contributed by atoms with Gasteiger partial charge in [0.1, 0.15) is 0 Å². The van der Waals surface area contributed by atoms with E-state index in [-0.39, 0.29) is 0 Å². The van der Waals surface area contributed by atoms with Gasteiger partial charge in [0.2, 0.25) is 0 Å². The highest BCUT2D eigenvalue weighted by molar-refractivity contribution is 8.03. The molecule has 5 rings (SSSR count). The van der Waals surface area contributed by atoms with Crippen molar-refractivity contribution < 1.29 is 0 Å². The third-order valence-corrected chi connectivity index (χ3v) is 6.18. The predicted molar refractivity (Wildman–Crippen MR) is 130 cm³/mol. The highest BCUT2D eigenvalue weighted by Crippen LogP contribution is 2.40. The Bertz CT molecular complexity index is 1130. The fourth-order valence-corrected chi connectivity index (χ4v) is 4.54. The number of rotatable bonds is 5. The Kier molecular flexibility index (Phi) is 5.26. The predicted octanol–water partition coefficient (Wildman–Crippen LogP) is 7.28. The number of nitrogens with zero attached hydrogens (tertiary/aromatic N) is 1. The Balaban J connectivity index is 1.34. The first-order valence-electron chi connectivity index (χ1n) is 9.75. The van der Waals surface area contributed by atoms with Crippen molar-refractivity contribution in [2.75, 3.05) is 16.5 Å². The molecule has 2 aliphatic rings. The summed E-state index contributed by atoms with van der Waals surface area (Å²) in [5, 5.41) is 6.25. The largest absolute Gasteiger partial charge is 0.356 e. The van der Waals surface area contributed by atoms with Crippen LogP contribution in [0.5, 0.6) is 0 Å². The third-order valence-electron chi connectivity index (χ3n) is 4.96. The van der Waals surface area contributed by atoms with Crippen LogP contribution >= 0.6 is 23.4 Å². The quantitative estimate of drug-likeness (QED) is 0.445. The van der Waals surface area contributed by atoms with Gasteiger partial charge in [-0.05, 0) is 66.2 Å². The molecular weight excluding hydrogens is 410 g/mol. The number of anilines is 3. The van der Waals surface area contributed by atoms with Crippen LogP contribution in [-0.4, -0.2) is 10.8 Å². The maximum absolute atomic E-state index is 5.96. The van der Waals surface area contributed by atoms with Gasteiger partial charge < -0.3 is 5.32 Å². The maximum atomic E-state index is 5.96. The zero-order valence-corrected chi connectivity index (χ0v) is 17.8. The number of allylic oxidation sites excluding steroid dienone is 2. The van der Waals surface area contributed by atoms with Crippen LogP contribution < -0.4 is 10.7 Å². The monoisotopic (exact) mass is 429 g/mol. The Morgan fingerprint density at radius 3 is 2.20 bits per heavy atom. The summed E-state index contributed by atoms with van der Waals surface area (Å²) in [7, 11) is 0. The van der Waals surface area contributed by atoms with Crippen LogP contribution in [0.2, 0.25) is 5.02 Å². The van der Waals surface area contributed by atoms with Crippen LogP contribution in [-0.2, 0) is 0 Å². The highest BCUT2D eigenvalue weighted by atomic mass is 35.5. The molecule has 0 amide bonds. The number of halogens is 1. The van der Waals surface area contributed by atoms with Crippen molar-refractivity contribution in [3.05, 3.63) is 118 Å². The van der Waals surface area contributed by atoms with Crippen molar-refractivity contribution in [2.45, 2.75) is 0 Å². The standard InChI is InChI=1S/C25H20ClN3S/c26-20-6-8-21(9-7-20)27-22-10-12-23(13-11-22)28-29-17-19(18-4-2-1-3-5-18)16-25-24(29)14-15-30-25/h1-14,16-17,27-28H,15H2. The first-order valence-corrected chi connectivity index (χ1v) is 11.1. The van der Waals surface area contributed by atoms with Crippen LogP contribution in [0.4, 0.5) is 17.1 Å². The molecule has 148 valence electrons. The molecule has 2 N–H and O–H groups in total. The number of hydrogen-bond donors (Lipinski definition) is 2. The Labute approximate surface area is 185 Å². The van der Waals surface area contributed by atoms with Gasteiger partial charge in [0, 0.05) is 38.8 Å². The molecule has 0 unspecified atom stereocenters. The fraction of sp³-hybridized carbons (Fsp3) is 0.0400. The molecule has 3 aromatic carbocycles. The van der Waals surface area contributed by atoms with Gasteiger partial charge in [-0.15, -0.1) is 11.8 Å². The molecule has 0 atom stereocenters. The van der Waals surface area contributed by atoms with Gasteiger partial charge in [-0.25, -0.2) is 0 Å². The molecule has 0 aromatic heterocycles. The van der Waals surface area contributed by atoms with Gasteiger partial charge in [0.25, 0.3) is 0 Å². The molecule has 3 nitrogen and oxygen atoms in total. The van der Waals surface area contributed by atoms with Crippen LogP contribution in [0.15, 0.2) is 108 Å². The van der Waals surface area contributed by atoms with E-state index in [9.17, 15) is 0 Å². The fourth-order valence-electron chi connectivity index (χ4n) is 3.45. The first-order chi connectivity index (χ1) is 14.7. The first kappa shape index (κ1) is 18.9. The summed E-state index contributed by atoms with van der Waals surface area (Å²) in [5.74, 6) is 0.999. The topological polar surface area (TPSA) is 27.3 Å². The Morgan fingerprint density at radius 2 is 1.47 bits per heavy atom. The molecule has 5 heteroatoms. The van der Waals surface area contributed by atoms with E-state index < -0.39 is 0 Å². The lowest BCUT2D eigenvalue weighted by molar-refractivity contribution is 0.572. The molecule has 2 heterocycles. The Hall–Kier alpha value is -3.08. The van der Waals surface area contributed by atoms with Crippen LogP contribution in [0.1, 0.15) is 5.56 Å². The van der Waals surface area contributed by atoms with E-state index in [2.05, 4.69) is 82.6 Å². The molecule has 0 fully saturated rings. The molecule has 0 bridgehead atoms. The average Bonchev–Trinajstić information content (AvgIpc) is 3.26. The van der Waals surface area contributed by atoms with Crippen molar-refractivity contribution in [3.63, 3.8) is 0 Å². The van der Waals surface area contributed by atoms with Crippen molar-refractivity contribution in [1.29, 1.82) is 0 Å². The SMILES string of the molecule is Clc1ccc(Nc2ccc(NN3C=C(c4ccccc4)C=C4SCC=C43)cc2)cc1. The summed E-state index contributed by atoms with van der Waals surface area (Å²) < 4.78 is 0. The van der Waals surface area contributed by atoms with E-state index in [1.54, 1.807) is 0 Å². The molecule has 30 heavy (non-hydrogen) atoms. The summed E-state index contributed by atoms with van der Waals surface area (Å²) in [5.41, 5.74) is 10.2. The zero-order valence-electron chi connectivity index (χ0n) is 16.2. The van der Waals surface area contributed by atoms with Gasteiger partial charge in [-0.2, -0.15) is 0 Å². The molecule has 0 saturated heterocycles. The minimum absolute atomic E-state index is 0.734. The number of nitrogens with one attached hydrogen (secondary N) is 2. The maximum Gasteiger partial charge on any atom is 0.0728 e. The van der Waals surface area contributed by atoms with Gasteiger partial charge >= 0.3 is 0 Å². The second-order valence-corrected chi connectivity index (χ2v) is 8.55. The molecular formula is C25H20ClN3S. The normalized spacial score (nSPS) is 15.1. The summed E-state index contributed by atoms with van der Waals surface area (Å²) in [4.78, 5) is 1.30. The number of hydrazine groups is 1. The third kappa shape index (κ3) is 4.11. The summed E-state index contributed by atoms with van der Waals surface area (Å²) in [6, 6.07) is 26.5. The van der Waals surface area contributed by atoms with Crippen molar-refractivity contribution in [1.82, 2.24) is 5.01 Å². The molecule has 0 saturated carbocycles. The van der Waals surface area contributed by atoms with Gasteiger partial charge in [0.05, 0.1) is 11.4 Å². The van der Waals surface area contributed by atoms with E-state index in [1.807, 2.05) is 42.1 Å². The van der Waals surface area contributed by atoms with Crippen molar-refractivity contribution in [2.24, 2.45) is 0 Å². The van der Waals surface area contributed by atoms with Crippen LogP contribution in [0, 0.1) is 0 Å².